The summed E-state index contributed by atoms with van der Waals surface area (Å²) in [7, 11) is 1.87. The first-order valence-electron chi connectivity index (χ1n) is 7.43. The van der Waals surface area contributed by atoms with Gasteiger partial charge in [0.05, 0.1) is 17.6 Å². The quantitative estimate of drug-likeness (QED) is 0.899. The predicted molar refractivity (Wildman–Crippen MR) is 82.1 cm³/mol. The molecule has 1 unspecified atom stereocenters. The number of rotatable bonds is 3. The SMILES string of the molecule is Cc1nn(C)c2ncc(NC(=O)CC3CCCNC3)cc12. The van der Waals surface area contributed by atoms with Gasteiger partial charge in [-0.05, 0) is 44.8 Å². The number of anilines is 1. The molecule has 3 rings (SSSR count). The summed E-state index contributed by atoms with van der Waals surface area (Å²) in [5.74, 6) is 0.502. The Bertz CT molecular complexity index is 657. The maximum atomic E-state index is 12.1. The Labute approximate surface area is 123 Å². The summed E-state index contributed by atoms with van der Waals surface area (Å²) in [4.78, 5) is 16.5. The summed E-state index contributed by atoms with van der Waals surface area (Å²) < 4.78 is 1.75. The Balaban J connectivity index is 1.69. The molecule has 21 heavy (non-hydrogen) atoms. The molecule has 1 amide bonds. The first-order valence-corrected chi connectivity index (χ1v) is 7.43. The van der Waals surface area contributed by atoms with E-state index in [9.17, 15) is 4.79 Å². The minimum absolute atomic E-state index is 0.0615. The van der Waals surface area contributed by atoms with E-state index in [0.717, 1.165) is 48.3 Å². The van der Waals surface area contributed by atoms with Crippen LogP contribution in [0.5, 0.6) is 0 Å². The number of aromatic nitrogens is 3. The number of amides is 1. The standard InChI is InChI=1S/C15H21N5O/c1-10-13-7-12(9-17-15(13)20(2)19-10)18-14(21)6-11-4-3-5-16-8-11/h7,9,11,16H,3-6,8H2,1-2H3,(H,18,21). The number of fused-ring (bicyclic) bond motifs is 1. The molecule has 6 heteroatoms. The average molecular weight is 287 g/mol. The van der Waals surface area contributed by atoms with Gasteiger partial charge in [0.1, 0.15) is 0 Å². The van der Waals surface area contributed by atoms with E-state index in [1.165, 1.54) is 0 Å². The van der Waals surface area contributed by atoms with Crippen molar-refractivity contribution in [2.45, 2.75) is 26.2 Å². The number of nitrogens with zero attached hydrogens (tertiary/aromatic N) is 3. The molecule has 0 bridgehead atoms. The molecular formula is C15H21N5O. The molecule has 0 spiro atoms. The number of hydrogen-bond donors (Lipinski definition) is 2. The van der Waals surface area contributed by atoms with Gasteiger partial charge in [-0.15, -0.1) is 0 Å². The van der Waals surface area contributed by atoms with E-state index in [2.05, 4.69) is 20.7 Å². The number of pyridine rings is 1. The fourth-order valence-corrected chi connectivity index (χ4v) is 2.95. The molecule has 1 saturated heterocycles. The third-order valence-corrected chi connectivity index (χ3v) is 4.02. The smallest absolute Gasteiger partial charge is 0.224 e. The van der Waals surface area contributed by atoms with Crippen LogP contribution in [0.4, 0.5) is 5.69 Å². The van der Waals surface area contributed by atoms with E-state index in [-0.39, 0.29) is 5.91 Å². The third kappa shape index (κ3) is 3.05. The minimum atomic E-state index is 0.0615. The molecule has 0 radical (unpaired) electrons. The number of aryl methyl sites for hydroxylation is 2. The van der Waals surface area contributed by atoms with Gasteiger partial charge in [0.25, 0.3) is 0 Å². The fraction of sp³-hybridized carbons (Fsp3) is 0.533. The van der Waals surface area contributed by atoms with Crippen LogP contribution in [-0.2, 0) is 11.8 Å². The van der Waals surface area contributed by atoms with Crippen LogP contribution < -0.4 is 10.6 Å². The highest BCUT2D eigenvalue weighted by atomic mass is 16.1. The second-order valence-electron chi connectivity index (χ2n) is 5.77. The average Bonchev–Trinajstić information content (AvgIpc) is 2.74. The fourth-order valence-electron chi connectivity index (χ4n) is 2.95. The molecule has 1 fully saturated rings. The van der Waals surface area contributed by atoms with Gasteiger partial charge in [-0.25, -0.2) is 4.98 Å². The third-order valence-electron chi connectivity index (χ3n) is 4.02. The second-order valence-corrected chi connectivity index (χ2v) is 5.77. The van der Waals surface area contributed by atoms with Crippen LogP contribution >= 0.6 is 0 Å². The Hall–Kier alpha value is -1.95. The van der Waals surface area contributed by atoms with Crippen molar-refractivity contribution < 1.29 is 4.79 Å². The number of hydrogen-bond acceptors (Lipinski definition) is 4. The van der Waals surface area contributed by atoms with Crippen LogP contribution in [0, 0.1) is 12.8 Å². The van der Waals surface area contributed by atoms with Crippen LogP contribution in [0.2, 0.25) is 0 Å². The lowest BCUT2D eigenvalue weighted by Gasteiger charge is -2.22. The lowest BCUT2D eigenvalue weighted by Crippen LogP contribution is -2.32. The maximum Gasteiger partial charge on any atom is 0.224 e. The number of nitrogens with one attached hydrogen (secondary N) is 2. The molecule has 0 saturated carbocycles. The molecular weight excluding hydrogens is 266 g/mol. The molecule has 112 valence electrons. The molecule has 0 aromatic carbocycles. The maximum absolute atomic E-state index is 12.1. The molecule has 0 aliphatic carbocycles. The Morgan fingerprint density at radius 2 is 2.43 bits per heavy atom. The Morgan fingerprint density at radius 1 is 1.57 bits per heavy atom. The first kappa shape index (κ1) is 14.0. The van der Waals surface area contributed by atoms with E-state index in [4.69, 9.17) is 0 Å². The van der Waals surface area contributed by atoms with E-state index >= 15 is 0 Å². The van der Waals surface area contributed by atoms with Gasteiger partial charge in [0.2, 0.25) is 5.91 Å². The molecule has 6 nitrogen and oxygen atoms in total. The van der Waals surface area contributed by atoms with Gasteiger partial charge in [-0.3, -0.25) is 9.48 Å². The normalized spacial score (nSPS) is 18.9. The Morgan fingerprint density at radius 3 is 3.19 bits per heavy atom. The van der Waals surface area contributed by atoms with E-state index in [1.54, 1.807) is 10.9 Å². The minimum Gasteiger partial charge on any atom is -0.325 e. The van der Waals surface area contributed by atoms with Crippen molar-refractivity contribution in [3.63, 3.8) is 0 Å². The van der Waals surface area contributed by atoms with Gasteiger partial charge in [0, 0.05) is 18.9 Å². The van der Waals surface area contributed by atoms with E-state index in [1.807, 2.05) is 20.0 Å². The summed E-state index contributed by atoms with van der Waals surface area (Å²) in [6.07, 6.45) is 4.54. The Kier molecular flexibility index (Phi) is 3.88. The molecule has 2 aromatic rings. The summed E-state index contributed by atoms with van der Waals surface area (Å²) in [5.41, 5.74) is 2.50. The van der Waals surface area contributed by atoms with Crippen LogP contribution in [0.15, 0.2) is 12.3 Å². The van der Waals surface area contributed by atoms with Crippen LogP contribution in [0.25, 0.3) is 11.0 Å². The van der Waals surface area contributed by atoms with Crippen molar-refractivity contribution in [1.29, 1.82) is 0 Å². The van der Waals surface area contributed by atoms with Crippen LogP contribution in [-0.4, -0.2) is 33.8 Å². The zero-order valence-electron chi connectivity index (χ0n) is 12.5. The summed E-state index contributed by atoms with van der Waals surface area (Å²) >= 11 is 0. The molecule has 1 aliphatic rings. The topological polar surface area (TPSA) is 71.8 Å². The van der Waals surface area contributed by atoms with Gasteiger partial charge in [-0.1, -0.05) is 0 Å². The largest absolute Gasteiger partial charge is 0.325 e. The lowest BCUT2D eigenvalue weighted by molar-refractivity contribution is -0.117. The van der Waals surface area contributed by atoms with Crippen LogP contribution in [0.1, 0.15) is 25.0 Å². The van der Waals surface area contributed by atoms with Crippen molar-refractivity contribution in [3.8, 4) is 0 Å². The van der Waals surface area contributed by atoms with Crippen molar-refractivity contribution in [1.82, 2.24) is 20.1 Å². The highest BCUT2D eigenvalue weighted by Crippen LogP contribution is 2.20. The van der Waals surface area contributed by atoms with Crippen LogP contribution in [0.3, 0.4) is 0 Å². The summed E-state index contributed by atoms with van der Waals surface area (Å²) in [6, 6.07) is 1.95. The summed E-state index contributed by atoms with van der Waals surface area (Å²) in [5, 5.41) is 11.6. The zero-order valence-corrected chi connectivity index (χ0v) is 12.5. The zero-order chi connectivity index (χ0) is 14.8. The van der Waals surface area contributed by atoms with E-state index in [0.29, 0.717) is 12.3 Å². The number of carbonyl (C=O) groups is 1. The molecule has 1 aliphatic heterocycles. The van der Waals surface area contributed by atoms with Gasteiger partial charge < -0.3 is 10.6 Å². The van der Waals surface area contributed by atoms with Gasteiger partial charge in [0.15, 0.2) is 5.65 Å². The van der Waals surface area contributed by atoms with Crippen molar-refractivity contribution in [2.24, 2.45) is 13.0 Å². The molecule has 2 N–H and O–H groups in total. The van der Waals surface area contributed by atoms with Crippen molar-refractivity contribution >= 4 is 22.6 Å². The lowest BCUT2D eigenvalue weighted by atomic mass is 9.96. The molecule has 1 atom stereocenters. The monoisotopic (exact) mass is 287 g/mol. The molecule has 3 heterocycles. The molecule has 2 aromatic heterocycles. The van der Waals surface area contributed by atoms with Crippen molar-refractivity contribution in [3.05, 3.63) is 18.0 Å². The van der Waals surface area contributed by atoms with Gasteiger partial charge >= 0.3 is 0 Å². The van der Waals surface area contributed by atoms with Gasteiger partial charge in [-0.2, -0.15) is 5.10 Å². The summed E-state index contributed by atoms with van der Waals surface area (Å²) in [6.45, 7) is 3.95. The highest BCUT2D eigenvalue weighted by molar-refractivity contribution is 5.93. The predicted octanol–water partition coefficient (Wildman–Crippen LogP) is 1.60. The second kappa shape index (κ2) is 5.81. The highest BCUT2D eigenvalue weighted by Gasteiger charge is 2.17. The number of carbonyl (C=O) groups excluding carboxylic acids is 1. The number of piperidine rings is 1. The first-order chi connectivity index (χ1) is 10.1. The van der Waals surface area contributed by atoms with E-state index < -0.39 is 0 Å². The van der Waals surface area contributed by atoms with Crippen molar-refractivity contribution in [2.75, 3.05) is 18.4 Å².